The molecule has 0 spiro atoms. The number of anilines is 3. The van der Waals surface area contributed by atoms with Gasteiger partial charge in [0, 0.05) is 27.4 Å². The quantitative estimate of drug-likeness (QED) is 0.179. The van der Waals surface area contributed by atoms with Crippen molar-refractivity contribution in [1.82, 2.24) is 0 Å². The average Bonchev–Trinajstić information content (AvgIpc) is 3.77. The van der Waals surface area contributed by atoms with Gasteiger partial charge in [-0.2, -0.15) is 0 Å². The second kappa shape index (κ2) is 11.9. The highest BCUT2D eigenvalue weighted by Crippen LogP contribution is 2.47. The van der Waals surface area contributed by atoms with Crippen LogP contribution >= 0.6 is 0 Å². The first-order valence-corrected chi connectivity index (χ1v) is 17.3. The van der Waals surface area contributed by atoms with E-state index in [1.807, 2.05) is 24.3 Å². The number of nitrogens with zero attached hydrogens (tertiary/aromatic N) is 1. The molecule has 3 nitrogen and oxygen atoms in total. The van der Waals surface area contributed by atoms with Crippen molar-refractivity contribution in [3.8, 4) is 33.4 Å². The van der Waals surface area contributed by atoms with Crippen LogP contribution < -0.4 is 4.90 Å². The standard InChI is InChI=1S/C48H31NO2/c1-3-12-32(13-4-1)35-25-29-42(41(30-35)34-14-5-2-6-15-34)49(43-18-11-21-46-48(43)40-17-8-10-20-45(40)50-46)37-26-22-33(23-27-37)36-24-28-39-38-16-7-9-19-44(38)51-47(39)31-36/h1-31H. The van der Waals surface area contributed by atoms with Crippen LogP contribution in [0.2, 0.25) is 0 Å². The van der Waals surface area contributed by atoms with E-state index in [0.29, 0.717) is 0 Å². The number of furan rings is 2. The highest BCUT2D eigenvalue weighted by atomic mass is 16.3. The lowest BCUT2D eigenvalue weighted by Crippen LogP contribution is -2.11. The van der Waals surface area contributed by atoms with Crippen molar-refractivity contribution in [3.05, 3.63) is 188 Å². The van der Waals surface area contributed by atoms with Gasteiger partial charge in [-0.25, -0.2) is 0 Å². The third kappa shape index (κ3) is 4.98. The van der Waals surface area contributed by atoms with Crippen molar-refractivity contribution < 1.29 is 8.83 Å². The van der Waals surface area contributed by atoms with Gasteiger partial charge in [-0.3, -0.25) is 0 Å². The molecule has 0 radical (unpaired) electrons. The van der Waals surface area contributed by atoms with Crippen LogP contribution in [0.25, 0.3) is 77.3 Å². The van der Waals surface area contributed by atoms with Crippen LogP contribution in [0.1, 0.15) is 0 Å². The number of fused-ring (bicyclic) bond motifs is 6. The zero-order valence-corrected chi connectivity index (χ0v) is 27.7. The molecule has 0 aliphatic rings. The van der Waals surface area contributed by atoms with Gasteiger partial charge in [-0.15, -0.1) is 0 Å². The first kappa shape index (κ1) is 29.1. The van der Waals surface area contributed by atoms with E-state index >= 15 is 0 Å². The maximum absolute atomic E-state index is 6.41. The first-order chi connectivity index (χ1) is 25.3. The Morgan fingerprint density at radius 3 is 1.65 bits per heavy atom. The van der Waals surface area contributed by atoms with Crippen LogP contribution in [0, 0.1) is 0 Å². The zero-order valence-electron chi connectivity index (χ0n) is 27.7. The fraction of sp³-hybridized carbons (Fsp3) is 0. The number of para-hydroxylation sites is 2. The molecule has 0 fully saturated rings. The van der Waals surface area contributed by atoms with E-state index in [-0.39, 0.29) is 0 Å². The van der Waals surface area contributed by atoms with Crippen LogP contribution in [0.4, 0.5) is 17.1 Å². The molecular formula is C48H31NO2. The highest BCUT2D eigenvalue weighted by Gasteiger charge is 2.22. The summed E-state index contributed by atoms with van der Waals surface area (Å²) in [5, 5.41) is 4.44. The van der Waals surface area contributed by atoms with Gasteiger partial charge in [0.05, 0.1) is 16.8 Å². The molecule has 0 bridgehead atoms. The topological polar surface area (TPSA) is 29.5 Å². The predicted molar refractivity (Wildman–Crippen MR) is 212 cm³/mol. The van der Waals surface area contributed by atoms with Crippen molar-refractivity contribution in [3.63, 3.8) is 0 Å². The Bertz CT molecular complexity index is 2850. The molecule has 0 saturated heterocycles. The predicted octanol–water partition coefficient (Wildman–Crippen LogP) is 14.0. The Labute approximate surface area is 295 Å². The maximum Gasteiger partial charge on any atom is 0.137 e. The Hall–Kier alpha value is -6.84. The Kier molecular flexibility index (Phi) is 6.81. The number of benzene rings is 8. The summed E-state index contributed by atoms with van der Waals surface area (Å²) in [6.45, 7) is 0. The Morgan fingerprint density at radius 2 is 0.863 bits per heavy atom. The molecule has 0 N–H and O–H groups in total. The van der Waals surface area contributed by atoms with Gasteiger partial charge in [-0.1, -0.05) is 127 Å². The van der Waals surface area contributed by atoms with E-state index in [4.69, 9.17) is 8.83 Å². The Morgan fingerprint density at radius 1 is 0.314 bits per heavy atom. The Balaban J connectivity index is 1.18. The molecule has 0 saturated carbocycles. The summed E-state index contributed by atoms with van der Waals surface area (Å²) in [4.78, 5) is 2.38. The van der Waals surface area contributed by atoms with E-state index in [2.05, 4.69) is 169 Å². The van der Waals surface area contributed by atoms with Gasteiger partial charge in [0.15, 0.2) is 0 Å². The highest BCUT2D eigenvalue weighted by molar-refractivity contribution is 6.14. The molecule has 8 aromatic carbocycles. The van der Waals surface area contributed by atoms with Gasteiger partial charge in [0.25, 0.3) is 0 Å². The summed E-state index contributed by atoms with van der Waals surface area (Å²) >= 11 is 0. The van der Waals surface area contributed by atoms with Crippen LogP contribution in [0.5, 0.6) is 0 Å². The van der Waals surface area contributed by atoms with Crippen molar-refractivity contribution in [2.45, 2.75) is 0 Å². The van der Waals surface area contributed by atoms with E-state index < -0.39 is 0 Å². The number of rotatable bonds is 6. The third-order valence-corrected chi connectivity index (χ3v) is 9.89. The lowest BCUT2D eigenvalue weighted by atomic mass is 9.95. The van der Waals surface area contributed by atoms with Gasteiger partial charge in [0.1, 0.15) is 22.3 Å². The van der Waals surface area contributed by atoms with E-state index in [9.17, 15) is 0 Å². The molecule has 0 atom stereocenters. The second-order valence-corrected chi connectivity index (χ2v) is 12.9. The van der Waals surface area contributed by atoms with Crippen LogP contribution in [-0.2, 0) is 0 Å². The molecule has 10 aromatic rings. The van der Waals surface area contributed by atoms with Gasteiger partial charge >= 0.3 is 0 Å². The van der Waals surface area contributed by atoms with Crippen molar-refractivity contribution in [1.29, 1.82) is 0 Å². The minimum Gasteiger partial charge on any atom is -0.456 e. The number of hydrogen-bond acceptors (Lipinski definition) is 3. The van der Waals surface area contributed by atoms with Gasteiger partial charge in [0.2, 0.25) is 0 Å². The SMILES string of the molecule is c1ccc(-c2ccc(N(c3ccc(-c4ccc5c(c4)oc4ccccc45)cc3)c3cccc4oc5ccccc5c34)c(-c3ccccc3)c2)cc1. The monoisotopic (exact) mass is 653 g/mol. The molecule has 2 heterocycles. The maximum atomic E-state index is 6.41. The molecule has 0 unspecified atom stereocenters. The largest absolute Gasteiger partial charge is 0.456 e. The number of hydrogen-bond donors (Lipinski definition) is 0. The van der Waals surface area contributed by atoms with Crippen molar-refractivity contribution in [2.75, 3.05) is 4.90 Å². The lowest BCUT2D eigenvalue weighted by molar-refractivity contribution is 0.668. The summed E-state index contributed by atoms with van der Waals surface area (Å²) in [7, 11) is 0. The van der Waals surface area contributed by atoms with Crippen LogP contribution in [-0.4, -0.2) is 0 Å². The van der Waals surface area contributed by atoms with Crippen molar-refractivity contribution >= 4 is 60.9 Å². The van der Waals surface area contributed by atoms with E-state index in [1.54, 1.807) is 0 Å². The fourth-order valence-corrected chi connectivity index (χ4v) is 7.45. The summed E-state index contributed by atoms with van der Waals surface area (Å²) in [6, 6.07) is 66.3. The van der Waals surface area contributed by atoms with Gasteiger partial charge in [-0.05, 0) is 88.5 Å². The molecule has 3 heteroatoms. The van der Waals surface area contributed by atoms with Crippen LogP contribution in [0.15, 0.2) is 197 Å². The molecule has 2 aromatic heterocycles. The fourth-order valence-electron chi connectivity index (χ4n) is 7.45. The second-order valence-electron chi connectivity index (χ2n) is 12.9. The molecule has 0 aliphatic heterocycles. The van der Waals surface area contributed by atoms with E-state index in [0.717, 1.165) is 83.2 Å². The zero-order chi connectivity index (χ0) is 33.7. The third-order valence-electron chi connectivity index (χ3n) is 9.89. The molecule has 0 amide bonds. The summed E-state index contributed by atoms with van der Waals surface area (Å²) in [5.41, 5.74) is 13.6. The summed E-state index contributed by atoms with van der Waals surface area (Å²) < 4.78 is 12.6. The van der Waals surface area contributed by atoms with E-state index in [1.165, 1.54) is 11.1 Å². The molecule has 51 heavy (non-hydrogen) atoms. The van der Waals surface area contributed by atoms with Crippen molar-refractivity contribution in [2.24, 2.45) is 0 Å². The molecular weight excluding hydrogens is 623 g/mol. The minimum absolute atomic E-state index is 0.858. The van der Waals surface area contributed by atoms with Gasteiger partial charge < -0.3 is 13.7 Å². The minimum atomic E-state index is 0.858. The average molecular weight is 654 g/mol. The molecule has 240 valence electrons. The lowest BCUT2D eigenvalue weighted by Gasteiger charge is -2.29. The first-order valence-electron chi connectivity index (χ1n) is 17.3. The summed E-state index contributed by atoms with van der Waals surface area (Å²) in [5.74, 6) is 0. The normalized spacial score (nSPS) is 11.5. The summed E-state index contributed by atoms with van der Waals surface area (Å²) in [6.07, 6.45) is 0. The van der Waals surface area contributed by atoms with Crippen LogP contribution in [0.3, 0.4) is 0 Å². The molecule has 10 rings (SSSR count). The molecule has 0 aliphatic carbocycles. The smallest absolute Gasteiger partial charge is 0.137 e.